The van der Waals surface area contributed by atoms with Crippen molar-refractivity contribution >= 4 is 10.9 Å². The predicted octanol–water partition coefficient (Wildman–Crippen LogP) is 1.08. The third-order valence-corrected chi connectivity index (χ3v) is 2.13. The summed E-state index contributed by atoms with van der Waals surface area (Å²) in [4.78, 5) is 0. The zero-order valence-corrected chi connectivity index (χ0v) is 7.23. The highest BCUT2D eigenvalue weighted by Gasteiger charge is 2.10. The minimum Gasteiger partial charge on any atom is -0.504 e. The summed E-state index contributed by atoms with van der Waals surface area (Å²) in [6.07, 6.45) is 1.89. The van der Waals surface area contributed by atoms with Crippen LogP contribution in [0.5, 0.6) is 11.5 Å². The number of benzene rings is 1. The van der Waals surface area contributed by atoms with Crippen molar-refractivity contribution in [2.75, 3.05) is 0 Å². The van der Waals surface area contributed by atoms with E-state index in [1.54, 1.807) is 12.1 Å². The van der Waals surface area contributed by atoms with E-state index < -0.39 is 0 Å². The summed E-state index contributed by atoms with van der Waals surface area (Å²) in [7, 11) is 1.89. The van der Waals surface area contributed by atoms with Gasteiger partial charge >= 0.3 is 0 Å². The van der Waals surface area contributed by atoms with Gasteiger partial charge in [-0.1, -0.05) is 0 Å². The van der Waals surface area contributed by atoms with Crippen LogP contribution in [-0.4, -0.2) is 10.2 Å². The van der Waals surface area contributed by atoms with Gasteiger partial charge in [-0.2, -0.15) is 0 Å². The van der Waals surface area contributed by atoms with Crippen LogP contribution in [0.1, 0.15) is 0 Å². The summed E-state index contributed by atoms with van der Waals surface area (Å²) in [6.45, 7) is 0. The Kier molecular flexibility index (Phi) is 1.59. The fourth-order valence-electron chi connectivity index (χ4n) is 1.41. The molecule has 0 fully saturated rings. The van der Waals surface area contributed by atoms with Crippen molar-refractivity contribution in [1.82, 2.24) is 0 Å². The summed E-state index contributed by atoms with van der Waals surface area (Å²) >= 11 is 0. The zero-order chi connectivity index (χ0) is 9.42. The summed E-state index contributed by atoms with van der Waals surface area (Å²) in [5.41, 5.74) is 0.887. The lowest BCUT2D eigenvalue weighted by Crippen LogP contribution is -2.27. The van der Waals surface area contributed by atoms with Crippen molar-refractivity contribution in [2.24, 2.45) is 7.05 Å². The van der Waals surface area contributed by atoms with Crippen molar-refractivity contribution in [3.63, 3.8) is 0 Å². The lowest BCUT2D eigenvalue weighted by Gasteiger charge is -2.00. The van der Waals surface area contributed by atoms with E-state index in [1.807, 2.05) is 23.9 Å². The highest BCUT2D eigenvalue weighted by molar-refractivity contribution is 5.84. The molecular formula is C10H10NO2+. The van der Waals surface area contributed by atoms with Crippen LogP contribution in [0.2, 0.25) is 0 Å². The van der Waals surface area contributed by atoms with E-state index in [-0.39, 0.29) is 11.5 Å². The van der Waals surface area contributed by atoms with E-state index >= 15 is 0 Å². The van der Waals surface area contributed by atoms with Crippen molar-refractivity contribution in [3.05, 3.63) is 30.5 Å². The van der Waals surface area contributed by atoms with E-state index in [9.17, 15) is 10.2 Å². The molecule has 3 heteroatoms. The van der Waals surface area contributed by atoms with Gasteiger partial charge in [-0.05, 0) is 12.1 Å². The molecular weight excluding hydrogens is 166 g/mol. The molecule has 0 unspecified atom stereocenters. The first-order valence-electron chi connectivity index (χ1n) is 3.99. The van der Waals surface area contributed by atoms with E-state index in [0.717, 1.165) is 5.52 Å². The molecule has 2 rings (SSSR count). The standard InChI is InChI=1S/C10H9NO2/c1-11-6-2-3-7-8(11)4-5-9(12)10(7)13/h2-6,12H,1H3/p+1. The SMILES string of the molecule is C[n+]1cccc2c(O)c(O)ccc21. The molecule has 1 aromatic carbocycles. The maximum atomic E-state index is 9.52. The molecule has 0 atom stereocenters. The van der Waals surface area contributed by atoms with Crippen molar-refractivity contribution in [2.45, 2.75) is 0 Å². The van der Waals surface area contributed by atoms with Gasteiger partial charge in [-0.25, -0.2) is 4.57 Å². The highest BCUT2D eigenvalue weighted by atomic mass is 16.3. The fourth-order valence-corrected chi connectivity index (χ4v) is 1.41. The number of aromatic nitrogens is 1. The average Bonchev–Trinajstić information content (AvgIpc) is 2.12. The molecule has 13 heavy (non-hydrogen) atoms. The van der Waals surface area contributed by atoms with Gasteiger partial charge in [0.1, 0.15) is 7.05 Å². The summed E-state index contributed by atoms with van der Waals surface area (Å²) in [6, 6.07) is 6.84. The maximum absolute atomic E-state index is 9.52. The second kappa shape index (κ2) is 2.62. The summed E-state index contributed by atoms with van der Waals surface area (Å²) in [5.74, 6) is -0.146. The quantitative estimate of drug-likeness (QED) is 0.466. The Morgan fingerprint density at radius 1 is 1.15 bits per heavy atom. The van der Waals surface area contributed by atoms with Crippen LogP contribution in [0, 0.1) is 0 Å². The largest absolute Gasteiger partial charge is 0.504 e. The smallest absolute Gasteiger partial charge is 0.216 e. The Labute approximate surface area is 75.5 Å². The number of hydrogen-bond acceptors (Lipinski definition) is 2. The van der Waals surface area contributed by atoms with E-state index in [2.05, 4.69) is 0 Å². The lowest BCUT2D eigenvalue weighted by molar-refractivity contribution is -0.644. The summed E-state index contributed by atoms with van der Waals surface area (Å²) in [5, 5.41) is 19.4. The van der Waals surface area contributed by atoms with E-state index in [4.69, 9.17) is 0 Å². The highest BCUT2D eigenvalue weighted by Crippen LogP contribution is 2.31. The molecule has 1 heterocycles. The van der Waals surface area contributed by atoms with Crippen LogP contribution < -0.4 is 4.57 Å². The number of phenolic OH excluding ortho intramolecular Hbond substituents is 2. The topological polar surface area (TPSA) is 44.3 Å². The number of rotatable bonds is 0. The molecule has 2 N–H and O–H groups in total. The number of fused-ring (bicyclic) bond motifs is 1. The first-order chi connectivity index (χ1) is 6.20. The first-order valence-corrected chi connectivity index (χ1v) is 3.99. The van der Waals surface area contributed by atoms with Gasteiger partial charge in [0.05, 0.1) is 5.39 Å². The molecule has 0 saturated carbocycles. The normalized spacial score (nSPS) is 10.5. The molecule has 0 spiro atoms. The number of nitrogens with zero attached hydrogens (tertiary/aromatic N) is 1. The van der Waals surface area contributed by atoms with Crippen LogP contribution >= 0.6 is 0 Å². The molecule has 0 saturated heterocycles. The number of pyridine rings is 1. The Bertz CT molecular complexity index is 466. The molecule has 66 valence electrons. The third kappa shape index (κ3) is 1.09. The van der Waals surface area contributed by atoms with Gasteiger partial charge in [0.15, 0.2) is 17.7 Å². The second-order valence-electron chi connectivity index (χ2n) is 2.99. The Balaban J connectivity index is 2.94. The van der Waals surface area contributed by atoms with Crippen LogP contribution in [0.4, 0.5) is 0 Å². The monoisotopic (exact) mass is 176 g/mol. The third-order valence-electron chi connectivity index (χ3n) is 2.13. The number of aryl methyl sites for hydroxylation is 1. The van der Waals surface area contributed by atoms with Gasteiger partial charge < -0.3 is 10.2 Å². The minimum absolute atomic E-state index is 0.0614. The lowest BCUT2D eigenvalue weighted by atomic mass is 10.2. The summed E-state index contributed by atoms with van der Waals surface area (Å²) < 4.78 is 1.88. The second-order valence-corrected chi connectivity index (χ2v) is 2.99. The van der Waals surface area contributed by atoms with Gasteiger partial charge in [-0.3, -0.25) is 0 Å². The predicted molar refractivity (Wildman–Crippen MR) is 48.5 cm³/mol. The molecule has 0 aliphatic heterocycles. The number of hydrogen-bond donors (Lipinski definition) is 2. The van der Waals surface area contributed by atoms with Gasteiger partial charge in [0, 0.05) is 12.1 Å². The number of phenols is 2. The van der Waals surface area contributed by atoms with Gasteiger partial charge in [0.2, 0.25) is 5.52 Å². The molecule has 0 aliphatic rings. The Hall–Kier alpha value is -1.77. The fraction of sp³-hybridized carbons (Fsp3) is 0.100. The van der Waals surface area contributed by atoms with E-state index in [0.29, 0.717) is 5.39 Å². The van der Waals surface area contributed by atoms with Crippen LogP contribution in [0.3, 0.4) is 0 Å². The molecule has 0 amide bonds. The molecule has 1 aromatic heterocycles. The molecule has 0 aliphatic carbocycles. The van der Waals surface area contributed by atoms with Crippen LogP contribution in [0.15, 0.2) is 30.5 Å². The Morgan fingerprint density at radius 3 is 2.69 bits per heavy atom. The average molecular weight is 176 g/mol. The Morgan fingerprint density at radius 2 is 1.92 bits per heavy atom. The zero-order valence-electron chi connectivity index (χ0n) is 7.23. The van der Waals surface area contributed by atoms with Crippen LogP contribution in [-0.2, 0) is 7.05 Å². The van der Waals surface area contributed by atoms with Crippen LogP contribution in [0.25, 0.3) is 10.9 Å². The van der Waals surface area contributed by atoms with Gasteiger partial charge in [0.25, 0.3) is 0 Å². The van der Waals surface area contributed by atoms with E-state index in [1.165, 1.54) is 6.07 Å². The van der Waals surface area contributed by atoms with Crippen molar-refractivity contribution in [1.29, 1.82) is 0 Å². The molecule has 0 radical (unpaired) electrons. The first kappa shape index (κ1) is 7.86. The molecule has 2 aromatic rings. The van der Waals surface area contributed by atoms with Gasteiger partial charge in [-0.15, -0.1) is 0 Å². The number of aromatic hydroxyl groups is 2. The maximum Gasteiger partial charge on any atom is 0.216 e. The molecule has 0 bridgehead atoms. The minimum atomic E-state index is -0.0845. The molecule has 3 nitrogen and oxygen atoms in total. The van der Waals surface area contributed by atoms with Crippen molar-refractivity contribution < 1.29 is 14.8 Å². The van der Waals surface area contributed by atoms with Crippen molar-refractivity contribution in [3.8, 4) is 11.5 Å².